The van der Waals surface area contributed by atoms with Gasteiger partial charge in [0.05, 0.1) is 12.0 Å². The van der Waals surface area contributed by atoms with E-state index < -0.39 is 16.1 Å². The van der Waals surface area contributed by atoms with E-state index in [9.17, 15) is 18.0 Å². The van der Waals surface area contributed by atoms with Crippen LogP contribution >= 0.6 is 0 Å². The van der Waals surface area contributed by atoms with Crippen molar-refractivity contribution >= 4 is 21.8 Å². The highest BCUT2D eigenvalue weighted by Crippen LogP contribution is 2.22. The van der Waals surface area contributed by atoms with E-state index in [-0.39, 0.29) is 29.2 Å². The fourth-order valence-corrected chi connectivity index (χ4v) is 5.27. The smallest absolute Gasteiger partial charge is 0.242 e. The predicted octanol–water partition coefficient (Wildman–Crippen LogP) is 3.79. The molecule has 0 heterocycles. The summed E-state index contributed by atoms with van der Waals surface area (Å²) in [6, 6.07) is 13.5. The highest BCUT2D eigenvalue weighted by molar-refractivity contribution is 7.89. The molecule has 8 nitrogen and oxygen atoms in total. The number of hydrogen-bond acceptors (Lipinski definition) is 5. The lowest BCUT2D eigenvalue weighted by Gasteiger charge is -2.29. The van der Waals surface area contributed by atoms with Crippen molar-refractivity contribution < 1.29 is 22.7 Å². The molecule has 202 valence electrons. The maximum absolute atomic E-state index is 13.3. The van der Waals surface area contributed by atoms with Crippen LogP contribution in [0.4, 0.5) is 0 Å². The molecule has 0 saturated heterocycles. The van der Waals surface area contributed by atoms with Gasteiger partial charge in [0.15, 0.2) is 0 Å². The summed E-state index contributed by atoms with van der Waals surface area (Å²) in [5, 5.41) is 2.95. The molecular weight excluding hydrogens is 490 g/mol. The van der Waals surface area contributed by atoms with Crippen LogP contribution in [0, 0.1) is 0 Å². The van der Waals surface area contributed by atoms with Gasteiger partial charge in [-0.3, -0.25) is 9.59 Å². The highest BCUT2D eigenvalue weighted by Gasteiger charge is 2.28. The molecule has 1 fully saturated rings. The van der Waals surface area contributed by atoms with Gasteiger partial charge >= 0.3 is 0 Å². The molecule has 0 bridgehead atoms. The second-order valence-electron chi connectivity index (χ2n) is 9.58. The standard InChI is InChI=1S/C28H39N3O5S/c1-4-5-6-19-29-28(33)21(2)31(20-23-7-14-25(36-3)15-8-23)27(32)18-11-22-9-16-26(17-10-22)37(34,35)30-24-12-13-24/h7-10,14-17,21,24,30H,4-6,11-13,18-20H2,1-3H3,(H,29,33). The molecule has 1 unspecified atom stereocenters. The summed E-state index contributed by atoms with van der Waals surface area (Å²) in [5.41, 5.74) is 1.76. The van der Waals surface area contributed by atoms with E-state index >= 15 is 0 Å². The van der Waals surface area contributed by atoms with E-state index in [0.717, 1.165) is 49.0 Å². The average molecular weight is 530 g/mol. The number of carbonyl (C=O) groups excluding carboxylic acids is 2. The summed E-state index contributed by atoms with van der Waals surface area (Å²) in [6.45, 7) is 4.75. The van der Waals surface area contributed by atoms with Crippen molar-refractivity contribution in [2.45, 2.75) is 82.3 Å². The molecule has 0 aromatic heterocycles. The fraction of sp³-hybridized carbons (Fsp3) is 0.500. The number of rotatable bonds is 15. The van der Waals surface area contributed by atoms with E-state index in [1.165, 1.54) is 0 Å². The van der Waals surface area contributed by atoms with Crippen LogP contribution < -0.4 is 14.8 Å². The van der Waals surface area contributed by atoms with Gasteiger partial charge in [-0.1, -0.05) is 44.0 Å². The molecule has 1 saturated carbocycles. The zero-order valence-electron chi connectivity index (χ0n) is 22.0. The molecule has 2 aromatic rings. The third-order valence-corrected chi connectivity index (χ3v) is 8.06. The van der Waals surface area contributed by atoms with Gasteiger partial charge in [0.1, 0.15) is 11.8 Å². The quantitative estimate of drug-likeness (QED) is 0.342. The Morgan fingerprint density at radius 2 is 1.68 bits per heavy atom. The number of unbranched alkanes of at least 4 members (excludes halogenated alkanes) is 2. The zero-order chi connectivity index (χ0) is 26.8. The van der Waals surface area contributed by atoms with Crippen LogP contribution in [0.25, 0.3) is 0 Å². The highest BCUT2D eigenvalue weighted by atomic mass is 32.2. The first-order valence-electron chi connectivity index (χ1n) is 13.0. The normalized spacial score (nSPS) is 14.1. The zero-order valence-corrected chi connectivity index (χ0v) is 22.9. The minimum absolute atomic E-state index is 0.0461. The van der Waals surface area contributed by atoms with E-state index in [4.69, 9.17) is 4.74 Å². The second-order valence-corrected chi connectivity index (χ2v) is 11.3. The minimum Gasteiger partial charge on any atom is -0.497 e. The molecule has 0 spiro atoms. The van der Waals surface area contributed by atoms with E-state index in [2.05, 4.69) is 17.0 Å². The number of amides is 2. The Morgan fingerprint density at radius 1 is 1.03 bits per heavy atom. The lowest BCUT2D eigenvalue weighted by molar-refractivity contribution is -0.140. The number of carbonyl (C=O) groups is 2. The molecule has 1 aliphatic rings. The van der Waals surface area contributed by atoms with Crippen molar-refractivity contribution in [1.29, 1.82) is 0 Å². The molecule has 1 aliphatic carbocycles. The number of hydrogen-bond donors (Lipinski definition) is 2. The summed E-state index contributed by atoms with van der Waals surface area (Å²) in [5.74, 6) is 0.413. The van der Waals surface area contributed by atoms with Gasteiger partial charge in [-0.2, -0.15) is 0 Å². The number of benzene rings is 2. The Kier molecular flexibility index (Phi) is 10.5. The number of aryl methyl sites for hydroxylation is 1. The van der Waals surface area contributed by atoms with Gasteiger partial charge < -0.3 is 15.0 Å². The number of nitrogens with one attached hydrogen (secondary N) is 2. The monoisotopic (exact) mass is 529 g/mol. The molecule has 0 aliphatic heterocycles. The number of ether oxygens (including phenoxy) is 1. The van der Waals surface area contributed by atoms with Gasteiger partial charge in [-0.05, 0) is 68.0 Å². The van der Waals surface area contributed by atoms with Gasteiger partial charge in [-0.25, -0.2) is 13.1 Å². The minimum atomic E-state index is -3.51. The van der Waals surface area contributed by atoms with Crippen LogP contribution in [0.5, 0.6) is 5.75 Å². The molecule has 2 aromatic carbocycles. The van der Waals surface area contributed by atoms with E-state index in [0.29, 0.717) is 19.5 Å². The Bertz CT molecular complexity index is 1130. The third kappa shape index (κ3) is 8.86. The largest absolute Gasteiger partial charge is 0.497 e. The van der Waals surface area contributed by atoms with Crippen LogP contribution in [-0.2, 0) is 32.6 Å². The molecule has 9 heteroatoms. The Balaban J connectivity index is 1.65. The molecule has 37 heavy (non-hydrogen) atoms. The first-order valence-corrected chi connectivity index (χ1v) is 14.5. The van der Waals surface area contributed by atoms with Gasteiger partial charge in [0.25, 0.3) is 0 Å². The summed E-state index contributed by atoms with van der Waals surface area (Å²) in [7, 11) is -1.91. The lowest BCUT2D eigenvalue weighted by Crippen LogP contribution is -2.47. The number of nitrogens with zero attached hydrogens (tertiary/aromatic N) is 1. The lowest BCUT2D eigenvalue weighted by atomic mass is 10.1. The molecule has 2 N–H and O–H groups in total. The SMILES string of the molecule is CCCCCNC(=O)C(C)N(Cc1ccc(OC)cc1)C(=O)CCc1ccc(S(=O)(=O)NC2CC2)cc1. The Labute approximate surface area is 220 Å². The first kappa shape index (κ1) is 28.7. The Morgan fingerprint density at radius 3 is 2.27 bits per heavy atom. The molecular formula is C28H39N3O5S. The summed E-state index contributed by atoms with van der Waals surface area (Å²) in [4.78, 5) is 28.0. The Hall–Kier alpha value is -2.91. The van der Waals surface area contributed by atoms with Crippen molar-refractivity contribution in [2.75, 3.05) is 13.7 Å². The van der Waals surface area contributed by atoms with Crippen molar-refractivity contribution in [2.24, 2.45) is 0 Å². The van der Waals surface area contributed by atoms with Crippen molar-refractivity contribution in [3.8, 4) is 5.75 Å². The summed E-state index contributed by atoms with van der Waals surface area (Å²) in [6.07, 6.45) is 5.42. The third-order valence-electron chi connectivity index (χ3n) is 6.52. The van der Waals surface area contributed by atoms with Crippen LogP contribution in [0.3, 0.4) is 0 Å². The summed E-state index contributed by atoms with van der Waals surface area (Å²) < 4.78 is 32.7. The summed E-state index contributed by atoms with van der Waals surface area (Å²) >= 11 is 0. The molecule has 2 amide bonds. The van der Waals surface area contributed by atoms with Gasteiger partial charge in [0.2, 0.25) is 21.8 Å². The van der Waals surface area contributed by atoms with Crippen LogP contribution in [0.1, 0.15) is 63.5 Å². The maximum Gasteiger partial charge on any atom is 0.242 e. The van der Waals surface area contributed by atoms with Crippen molar-refractivity contribution in [3.05, 3.63) is 59.7 Å². The average Bonchev–Trinajstić information content (AvgIpc) is 3.71. The molecule has 0 radical (unpaired) electrons. The predicted molar refractivity (Wildman–Crippen MR) is 144 cm³/mol. The second kappa shape index (κ2) is 13.6. The number of methoxy groups -OCH3 is 1. The number of sulfonamides is 1. The fourth-order valence-electron chi connectivity index (χ4n) is 3.96. The van der Waals surface area contributed by atoms with Crippen molar-refractivity contribution in [3.63, 3.8) is 0 Å². The van der Waals surface area contributed by atoms with E-state index in [1.807, 2.05) is 24.3 Å². The maximum atomic E-state index is 13.3. The van der Waals surface area contributed by atoms with Crippen molar-refractivity contribution in [1.82, 2.24) is 14.9 Å². The van der Waals surface area contributed by atoms with Gasteiger partial charge in [-0.15, -0.1) is 0 Å². The topological polar surface area (TPSA) is 105 Å². The molecule has 1 atom stereocenters. The van der Waals surface area contributed by atoms with Crippen LogP contribution in [0.2, 0.25) is 0 Å². The van der Waals surface area contributed by atoms with Crippen LogP contribution in [-0.4, -0.2) is 50.9 Å². The van der Waals surface area contributed by atoms with E-state index in [1.54, 1.807) is 43.2 Å². The van der Waals surface area contributed by atoms with Gasteiger partial charge in [0, 0.05) is 25.6 Å². The molecule has 3 rings (SSSR count). The first-order chi connectivity index (χ1) is 17.7. The van der Waals surface area contributed by atoms with Crippen LogP contribution in [0.15, 0.2) is 53.4 Å².